The standard InChI is InChI=1S/C23H24Cl2N2O4S/c24-22-11-6-17(14-23(22)25)12-13-26-15-19(28)16-31-20-9-7-18(8-10-20)27-32(29,30)21-4-2-1-3-5-21/h1-11,14,19,26-28H,12-13,15-16H2/t19-/m0/s1. The molecule has 0 amide bonds. The van der Waals surface area contributed by atoms with E-state index in [-0.39, 0.29) is 11.5 Å². The highest BCUT2D eigenvalue weighted by Crippen LogP contribution is 2.22. The van der Waals surface area contributed by atoms with E-state index in [1.165, 1.54) is 12.1 Å². The lowest BCUT2D eigenvalue weighted by Crippen LogP contribution is -2.32. The second kappa shape index (κ2) is 11.5. The molecule has 3 aromatic rings. The SMILES string of the molecule is O=S(=O)(Nc1ccc(OC[C@@H](O)CNCCc2ccc(Cl)c(Cl)c2)cc1)c1ccccc1. The minimum atomic E-state index is -3.64. The highest BCUT2D eigenvalue weighted by atomic mass is 35.5. The molecule has 32 heavy (non-hydrogen) atoms. The fourth-order valence-electron chi connectivity index (χ4n) is 2.88. The van der Waals surface area contributed by atoms with Crippen molar-refractivity contribution in [3.63, 3.8) is 0 Å². The molecular weight excluding hydrogens is 471 g/mol. The first kappa shape index (κ1) is 24.4. The second-order valence-electron chi connectivity index (χ2n) is 7.11. The molecule has 0 fully saturated rings. The third kappa shape index (κ3) is 7.39. The zero-order valence-corrected chi connectivity index (χ0v) is 19.5. The highest BCUT2D eigenvalue weighted by molar-refractivity contribution is 7.92. The number of hydrogen-bond donors (Lipinski definition) is 3. The van der Waals surface area contributed by atoms with Gasteiger partial charge in [0.2, 0.25) is 0 Å². The number of benzene rings is 3. The summed E-state index contributed by atoms with van der Waals surface area (Å²) in [5.74, 6) is 0.530. The zero-order chi connectivity index (χ0) is 23.0. The van der Waals surface area contributed by atoms with Crippen LogP contribution in [0.4, 0.5) is 5.69 Å². The molecule has 170 valence electrons. The van der Waals surface area contributed by atoms with E-state index in [1.54, 1.807) is 48.5 Å². The molecular formula is C23H24Cl2N2O4S. The number of aliphatic hydroxyl groups excluding tert-OH is 1. The summed E-state index contributed by atoms with van der Waals surface area (Å²) in [6.45, 7) is 1.15. The summed E-state index contributed by atoms with van der Waals surface area (Å²) in [6, 6.07) is 20.2. The van der Waals surface area contributed by atoms with E-state index in [1.807, 2.05) is 12.1 Å². The normalized spacial score (nSPS) is 12.3. The van der Waals surface area contributed by atoms with Crippen LogP contribution in [0.25, 0.3) is 0 Å². The molecule has 0 aliphatic heterocycles. The van der Waals surface area contributed by atoms with Crippen molar-refractivity contribution in [3.8, 4) is 5.75 Å². The molecule has 9 heteroatoms. The van der Waals surface area contributed by atoms with Gasteiger partial charge < -0.3 is 15.2 Å². The third-order valence-corrected chi connectivity index (χ3v) is 6.69. The van der Waals surface area contributed by atoms with Crippen LogP contribution in [0.5, 0.6) is 5.75 Å². The summed E-state index contributed by atoms with van der Waals surface area (Å²) >= 11 is 11.9. The fourth-order valence-corrected chi connectivity index (χ4v) is 4.28. The molecule has 3 rings (SSSR count). The van der Waals surface area contributed by atoms with Gasteiger partial charge in [-0.2, -0.15) is 0 Å². The molecule has 0 spiro atoms. The lowest BCUT2D eigenvalue weighted by Gasteiger charge is -2.14. The summed E-state index contributed by atoms with van der Waals surface area (Å²) in [6.07, 6.45) is 0.0604. The van der Waals surface area contributed by atoms with Gasteiger partial charge in [-0.05, 0) is 67.1 Å². The fraction of sp³-hybridized carbons (Fsp3) is 0.217. The smallest absolute Gasteiger partial charge is 0.261 e. The van der Waals surface area contributed by atoms with Gasteiger partial charge in [-0.15, -0.1) is 0 Å². The average Bonchev–Trinajstić information content (AvgIpc) is 2.79. The Labute approximate surface area is 198 Å². The first-order valence-electron chi connectivity index (χ1n) is 9.97. The van der Waals surface area contributed by atoms with Crippen molar-refractivity contribution in [2.75, 3.05) is 24.4 Å². The van der Waals surface area contributed by atoms with E-state index in [0.29, 0.717) is 34.6 Å². The van der Waals surface area contributed by atoms with E-state index < -0.39 is 16.1 Å². The molecule has 3 aromatic carbocycles. The van der Waals surface area contributed by atoms with Gasteiger partial charge in [0.1, 0.15) is 18.5 Å². The quantitative estimate of drug-likeness (QED) is 0.344. The van der Waals surface area contributed by atoms with Crippen molar-refractivity contribution in [2.45, 2.75) is 17.4 Å². The van der Waals surface area contributed by atoms with Gasteiger partial charge in [0.25, 0.3) is 10.0 Å². The largest absolute Gasteiger partial charge is 0.491 e. The minimum Gasteiger partial charge on any atom is -0.491 e. The number of nitrogens with one attached hydrogen (secondary N) is 2. The Morgan fingerprint density at radius 3 is 2.34 bits per heavy atom. The summed E-state index contributed by atoms with van der Waals surface area (Å²) < 4.78 is 32.8. The average molecular weight is 495 g/mol. The first-order valence-corrected chi connectivity index (χ1v) is 12.2. The maximum atomic E-state index is 12.4. The van der Waals surface area contributed by atoms with Crippen LogP contribution in [0.3, 0.4) is 0 Å². The Hall–Kier alpha value is -2.29. The summed E-state index contributed by atoms with van der Waals surface area (Å²) in [7, 11) is -3.64. The predicted octanol–water partition coefficient (Wildman–Crippen LogP) is 4.37. The Balaban J connectivity index is 1.39. The van der Waals surface area contributed by atoms with Crippen molar-refractivity contribution in [1.29, 1.82) is 0 Å². The van der Waals surface area contributed by atoms with Crippen LogP contribution in [0.2, 0.25) is 10.0 Å². The van der Waals surface area contributed by atoms with Crippen LogP contribution in [0.15, 0.2) is 77.7 Å². The number of ether oxygens (including phenoxy) is 1. The second-order valence-corrected chi connectivity index (χ2v) is 9.61. The molecule has 0 radical (unpaired) electrons. The molecule has 6 nitrogen and oxygen atoms in total. The van der Waals surface area contributed by atoms with Gasteiger partial charge in [0, 0.05) is 12.2 Å². The highest BCUT2D eigenvalue weighted by Gasteiger charge is 2.13. The van der Waals surface area contributed by atoms with E-state index in [9.17, 15) is 13.5 Å². The van der Waals surface area contributed by atoms with E-state index in [2.05, 4.69) is 10.0 Å². The van der Waals surface area contributed by atoms with E-state index >= 15 is 0 Å². The lowest BCUT2D eigenvalue weighted by molar-refractivity contribution is 0.106. The van der Waals surface area contributed by atoms with Crippen LogP contribution in [-0.4, -0.2) is 39.3 Å². The van der Waals surface area contributed by atoms with Gasteiger partial charge >= 0.3 is 0 Å². The first-order chi connectivity index (χ1) is 15.3. The number of rotatable bonds is 11. The Bertz CT molecular complexity index is 1110. The van der Waals surface area contributed by atoms with Crippen molar-refractivity contribution in [1.82, 2.24) is 5.32 Å². The van der Waals surface area contributed by atoms with Gasteiger partial charge in [-0.25, -0.2) is 8.42 Å². The van der Waals surface area contributed by atoms with Gasteiger partial charge in [0.15, 0.2) is 0 Å². The molecule has 0 bridgehead atoms. The monoisotopic (exact) mass is 494 g/mol. The predicted molar refractivity (Wildman–Crippen MR) is 128 cm³/mol. The van der Waals surface area contributed by atoms with Crippen LogP contribution in [0, 0.1) is 0 Å². The van der Waals surface area contributed by atoms with Crippen LogP contribution in [0.1, 0.15) is 5.56 Å². The number of sulfonamides is 1. The van der Waals surface area contributed by atoms with Crippen LogP contribution >= 0.6 is 23.2 Å². The maximum absolute atomic E-state index is 12.4. The van der Waals surface area contributed by atoms with Crippen LogP contribution in [-0.2, 0) is 16.4 Å². The van der Waals surface area contributed by atoms with Crippen molar-refractivity contribution < 1.29 is 18.3 Å². The number of halogens is 2. The van der Waals surface area contributed by atoms with Gasteiger partial charge in [-0.1, -0.05) is 47.5 Å². The molecule has 0 aliphatic carbocycles. The summed E-state index contributed by atoms with van der Waals surface area (Å²) in [4.78, 5) is 0.190. The molecule has 0 heterocycles. The van der Waals surface area contributed by atoms with Crippen molar-refractivity contribution in [3.05, 3.63) is 88.4 Å². The maximum Gasteiger partial charge on any atom is 0.261 e. The molecule has 0 saturated heterocycles. The Morgan fingerprint density at radius 1 is 0.938 bits per heavy atom. The Morgan fingerprint density at radius 2 is 1.66 bits per heavy atom. The summed E-state index contributed by atoms with van der Waals surface area (Å²) in [5, 5.41) is 14.3. The topological polar surface area (TPSA) is 87.7 Å². The Kier molecular flexibility index (Phi) is 8.78. The summed E-state index contributed by atoms with van der Waals surface area (Å²) in [5.41, 5.74) is 1.48. The van der Waals surface area contributed by atoms with E-state index in [0.717, 1.165) is 12.0 Å². The van der Waals surface area contributed by atoms with Gasteiger partial charge in [0.05, 0.1) is 14.9 Å². The lowest BCUT2D eigenvalue weighted by atomic mass is 10.1. The minimum absolute atomic E-state index is 0.106. The number of anilines is 1. The molecule has 0 saturated carbocycles. The van der Waals surface area contributed by atoms with Crippen molar-refractivity contribution >= 4 is 38.9 Å². The molecule has 3 N–H and O–H groups in total. The third-order valence-electron chi connectivity index (χ3n) is 4.56. The van der Waals surface area contributed by atoms with Crippen LogP contribution < -0.4 is 14.8 Å². The zero-order valence-electron chi connectivity index (χ0n) is 17.2. The molecule has 0 aromatic heterocycles. The van der Waals surface area contributed by atoms with Gasteiger partial charge in [-0.3, -0.25) is 4.72 Å². The van der Waals surface area contributed by atoms with E-state index in [4.69, 9.17) is 27.9 Å². The van der Waals surface area contributed by atoms with Crippen molar-refractivity contribution in [2.24, 2.45) is 0 Å². The number of aliphatic hydroxyl groups is 1. The molecule has 1 atom stereocenters. The number of hydrogen-bond acceptors (Lipinski definition) is 5. The molecule has 0 unspecified atom stereocenters. The molecule has 0 aliphatic rings.